The molecule has 0 aliphatic carbocycles. The Hall–Kier alpha value is -1.38. The third-order valence-corrected chi connectivity index (χ3v) is 4.09. The molecule has 6 nitrogen and oxygen atoms in total. The predicted octanol–water partition coefficient (Wildman–Crippen LogP) is 1.11. The van der Waals surface area contributed by atoms with Gasteiger partial charge in [0, 0.05) is 19.3 Å². The molecule has 8 heteroatoms. The van der Waals surface area contributed by atoms with Crippen LogP contribution < -0.4 is 15.2 Å². The first-order valence-electron chi connectivity index (χ1n) is 5.87. The van der Waals surface area contributed by atoms with E-state index in [4.69, 9.17) is 27.4 Å². The summed E-state index contributed by atoms with van der Waals surface area (Å²) in [6.45, 7) is 0.370. The molecule has 1 aromatic carbocycles. The first-order chi connectivity index (χ1) is 9.41. The smallest absolute Gasteiger partial charge is 0.232 e. The predicted molar refractivity (Wildman–Crippen MR) is 82.8 cm³/mol. The standard InChI is InChI=1S/C12H18N2O4S2/c1-17-7-4-8-20(15,16)14-11-9(12(13)19)5-3-6-10(11)18-2/h3,5-6,14H,4,7-8H2,1-2H3,(H2,13,19). The van der Waals surface area contributed by atoms with E-state index >= 15 is 0 Å². The van der Waals surface area contributed by atoms with E-state index in [1.807, 2.05) is 0 Å². The molecule has 1 aromatic rings. The fourth-order valence-corrected chi connectivity index (χ4v) is 2.90. The number of para-hydroxylation sites is 1. The SMILES string of the molecule is COCCCS(=O)(=O)Nc1c(OC)cccc1C(N)=S. The summed E-state index contributed by atoms with van der Waals surface area (Å²) in [5.74, 6) is 0.306. The lowest BCUT2D eigenvalue weighted by molar-refractivity contribution is 0.199. The van der Waals surface area contributed by atoms with Crippen LogP contribution in [0.3, 0.4) is 0 Å². The van der Waals surface area contributed by atoms with Gasteiger partial charge in [0.05, 0.1) is 12.9 Å². The Morgan fingerprint density at radius 3 is 2.65 bits per heavy atom. The van der Waals surface area contributed by atoms with Gasteiger partial charge in [0.25, 0.3) is 0 Å². The van der Waals surface area contributed by atoms with Gasteiger partial charge < -0.3 is 15.2 Å². The van der Waals surface area contributed by atoms with Crippen LogP contribution in [0.2, 0.25) is 0 Å². The number of thiocarbonyl (C=S) groups is 1. The summed E-state index contributed by atoms with van der Waals surface area (Å²) in [7, 11) is -0.556. The quantitative estimate of drug-likeness (QED) is 0.551. The molecule has 1 rings (SSSR count). The molecule has 20 heavy (non-hydrogen) atoms. The summed E-state index contributed by atoms with van der Waals surface area (Å²) in [4.78, 5) is 0.0958. The van der Waals surface area contributed by atoms with E-state index in [0.29, 0.717) is 24.3 Å². The van der Waals surface area contributed by atoms with Crippen LogP contribution in [0.1, 0.15) is 12.0 Å². The number of benzene rings is 1. The highest BCUT2D eigenvalue weighted by molar-refractivity contribution is 7.92. The number of anilines is 1. The molecule has 0 aliphatic rings. The second kappa shape index (κ2) is 7.41. The summed E-state index contributed by atoms with van der Waals surface area (Å²) in [6, 6.07) is 4.96. The molecular weight excluding hydrogens is 300 g/mol. The number of ether oxygens (including phenoxy) is 2. The number of hydrogen-bond donors (Lipinski definition) is 2. The molecule has 0 saturated heterocycles. The summed E-state index contributed by atoms with van der Waals surface area (Å²) in [6.07, 6.45) is 0.392. The average molecular weight is 318 g/mol. The van der Waals surface area contributed by atoms with Gasteiger partial charge in [-0.3, -0.25) is 4.72 Å². The van der Waals surface area contributed by atoms with Crippen LogP contribution in [0.4, 0.5) is 5.69 Å². The lowest BCUT2D eigenvalue weighted by Gasteiger charge is -2.15. The van der Waals surface area contributed by atoms with Crippen LogP contribution >= 0.6 is 12.2 Å². The van der Waals surface area contributed by atoms with E-state index in [2.05, 4.69) is 4.72 Å². The highest BCUT2D eigenvalue weighted by atomic mass is 32.2. The molecule has 0 heterocycles. The Morgan fingerprint density at radius 2 is 2.10 bits per heavy atom. The third kappa shape index (κ3) is 4.62. The number of methoxy groups -OCH3 is 2. The zero-order chi connectivity index (χ0) is 15.2. The number of nitrogens with two attached hydrogens (primary N) is 1. The van der Waals surface area contributed by atoms with Gasteiger partial charge in [-0.2, -0.15) is 0 Å². The fourth-order valence-electron chi connectivity index (χ4n) is 1.61. The minimum atomic E-state index is -3.52. The van der Waals surface area contributed by atoms with Gasteiger partial charge in [-0.1, -0.05) is 18.3 Å². The fraction of sp³-hybridized carbons (Fsp3) is 0.417. The van der Waals surface area contributed by atoms with Crippen LogP contribution in [0.25, 0.3) is 0 Å². The summed E-state index contributed by atoms with van der Waals surface area (Å²) < 4.78 is 36.5. The summed E-state index contributed by atoms with van der Waals surface area (Å²) in [5.41, 5.74) is 6.29. The van der Waals surface area contributed by atoms with Crippen LogP contribution in [0, 0.1) is 0 Å². The molecule has 0 fully saturated rings. The lowest BCUT2D eigenvalue weighted by Crippen LogP contribution is -2.21. The maximum Gasteiger partial charge on any atom is 0.232 e. The van der Waals surface area contributed by atoms with Gasteiger partial charge in [-0.25, -0.2) is 8.42 Å². The molecular formula is C12H18N2O4S2. The molecule has 0 unspecified atom stereocenters. The van der Waals surface area contributed by atoms with Crippen molar-refractivity contribution < 1.29 is 17.9 Å². The number of rotatable bonds is 8. The van der Waals surface area contributed by atoms with Crippen molar-refractivity contribution in [3.8, 4) is 5.75 Å². The zero-order valence-corrected chi connectivity index (χ0v) is 13.0. The van der Waals surface area contributed by atoms with Crippen molar-refractivity contribution in [3.63, 3.8) is 0 Å². The third-order valence-electron chi connectivity index (χ3n) is 2.53. The molecule has 112 valence electrons. The van der Waals surface area contributed by atoms with E-state index in [0.717, 1.165) is 0 Å². The average Bonchev–Trinajstić information content (AvgIpc) is 2.38. The van der Waals surface area contributed by atoms with Crippen molar-refractivity contribution in [1.82, 2.24) is 0 Å². The lowest BCUT2D eigenvalue weighted by atomic mass is 10.1. The van der Waals surface area contributed by atoms with Gasteiger partial charge in [-0.05, 0) is 18.6 Å². The zero-order valence-electron chi connectivity index (χ0n) is 11.4. The van der Waals surface area contributed by atoms with E-state index in [1.54, 1.807) is 18.2 Å². The molecule has 0 spiro atoms. The molecule has 0 aliphatic heterocycles. The van der Waals surface area contributed by atoms with Crippen molar-refractivity contribution >= 4 is 32.9 Å². The number of nitrogens with one attached hydrogen (secondary N) is 1. The molecule has 0 radical (unpaired) electrons. The first-order valence-corrected chi connectivity index (χ1v) is 7.93. The van der Waals surface area contributed by atoms with Gasteiger partial charge in [0.1, 0.15) is 16.4 Å². The van der Waals surface area contributed by atoms with Crippen molar-refractivity contribution in [1.29, 1.82) is 0 Å². The summed E-state index contributed by atoms with van der Waals surface area (Å²) in [5, 5.41) is 0. The number of sulfonamides is 1. The van der Waals surface area contributed by atoms with Crippen molar-refractivity contribution in [2.75, 3.05) is 31.3 Å². The minimum Gasteiger partial charge on any atom is -0.495 e. The van der Waals surface area contributed by atoms with Crippen LogP contribution in [0.5, 0.6) is 5.75 Å². The van der Waals surface area contributed by atoms with E-state index in [1.165, 1.54) is 14.2 Å². The Kier molecular flexibility index (Phi) is 6.18. The Balaban J connectivity index is 3.04. The van der Waals surface area contributed by atoms with Gasteiger partial charge >= 0.3 is 0 Å². The van der Waals surface area contributed by atoms with Crippen LogP contribution in [-0.2, 0) is 14.8 Å². The van der Waals surface area contributed by atoms with Crippen LogP contribution in [-0.4, -0.2) is 40.0 Å². The van der Waals surface area contributed by atoms with E-state index < -0.39 is 10.0 Å². The maximum absolute atomic E-state index is 12.0. The van der Waals surface area contributed by atoms with Gasteiger partial charge in [0.15, 0.2) is 0 Å². The van der Waals surface area contributed by atoms with E-state index in [-0.39, 0.29) is 16.4 Å². The van der Waals surface area contributed by atoms with Crippen molar-refractivity contribution in [2.24, 2.45) is 5.73 Å². The minimum absolute atomic E-state index is 0.0599. The molecule has 0 saturated carbocycles. The highest BCUT2D eigenvalue weighted by Gasteiger charge is 2.17. The second-order valence-corrected chi connectivity index (χ2v) is 6.30. The summed E-state index contributed by atoms with van der Waals surface area (Å²) >= 11 is 4.92. The molecule has 3 N–H and O–H groups in total. The molecule has 0 amide bonds. The number of hydrogen-bond acceptors (Lipinski definition) is 5. The van der Waals surface area contributed by atoms with Gasteiger partial charge in [-0.15, -0.1) is 0 Å². The monoisotopic (exact) mass is 318 g/mol. The Labute approximate surface area is 124 Å². The van der Waals surface area contributed by atoms with Crippen molar-refractivity contribution in [2.45, 2.75) is 6.42 Å². The second-order valence-electron chi connectivity index (χ2n) is 4.01. The molecule has 0 bridgehead atoms. The first kappa shape index (κ1) is 16.7. The van der Waals surface area contributed by atoms with E-state index in [9.17, 15) is 8.42 Å². The Bertz CT molecular complexity index is 573. The maximum atomic E-state index is 12.0. The van der Waals surface area contributed by atoms with Gasteiger partial charge in [0.2, 0.25) is 10.0 Å². The highest BCUT2D eigenvalue weighted by Crippen LogP contribution is 2.29. The molecule has 0 atom stereocenters. The normalized spacial score (nSPS) is 11.1. The topological polar surface area (TPSA) is 90.7 Å². The van der Waals surface area contributed by atoms with Crippen LogP contribution in [0.15, 0.2) is 18.2 Å². The molecule has 0 aromatic heterocycles. The van der Waals surface area contributed by atoms with Crippen molar-refractivity contribution in [3.05, 3.63) is 23.8 Å². The largest absolute Gasteiger partial charge is 0.495 e. The Morgan fingerprint density at radius 1 is 1.40 bits per heavy atom.